The highest BCUT2D eigenvalue weighted by Gasteiger charge is 2.54. The molecule has 0 aliphatic rings. The van der Waals surface area contributed by atoms with Crippen LogP contribution in [-0.2, 0) is 14.2 Å². The van der Waals surface area contributed by atoms with Crippen LogP contribution in [0.2, 0.25) is 0 Å². The van der Waals surface area contributed by atoms with Crippen LogP contribution in [0.5, 0.6) is 0 Å². The van der Waals surface area contributed by atoms with Gasteiger partial charge in [0.05, 0.1) is 6.42 Å². The summed E-state index contributed by atoms with van der Waals surface area (Å²) in [5.74, 6) is -3.31. The van der Waals surface area contributed by atoms with E-state index in [-0.39, 0.29) is 12.8 Å². The van der Waals surface area contributed by atoms with Crippen molar-refractivity contribution in [3.05, 3.63) is 0 Å². The fourth-order valence-corrected chi connectivity index (χ4v) is 2.40. The summed E-state index contributed by atoms with van der Waals surface area (Å²) >= 11 is 0. The summed E-state index contributed by atoms with van der Waals surface area (Å²) in [6.07, 6.45) is -0.665. The van der Waals surface area contributed by atoms with Gasteiger partial charge < -0.3 is 20.0 Å². The highest BCUT2D eigenvalue weighted by atomic mass is 31.2. The van der Waals surface area contributed by atoms with Gasteiger partial charge in [0.2, 0.25) is 0 Å². The summed E-state index contributed by atoms with van der Waals surface area (Å²) in [4.78, 5) is 39.6. The topological polar surface area (TPSA) is 132 Å². The minimum Gasteiger partial charge on any atom is -0.481 e. The zero-order chi connectivity index (χ0) is 13.0. The number of hydrogen-bond acceptors (Lipinski definition) is 3. The maximum absolute atomic E-state index is 11.2. The van der Waals surface area contributed by atoms with Gasteiger partial charge >= 0.3 is 19.5 Å². The molecule has 0 fully saturated rings. The summed E-state index contributed by atoms with van der Waals surface area (Å²) in [7, 11) is -5.03. The number of rotatable bonds is 7. The van der Waals surface area contributed by atoms with Crippen molar-refractivity contribution in [2.45, 2.75) is 37.8 Å². The van der Waals surface area contributed by atoms with Crippen molar-refractivity contribution in [3.8, 4) is 0 Å². The predicted molar refractivity (Wildman–Crippen MR) is 54.2 cm³/mol. The van der Waals surface area contributed by atoms with E-state index in [4.69, 9.17) is 20.0 Å². The lowest BCUT2D eigenvalue weighted by molar-refractivity contribution is -0.147. The molecule has 0 spiro atoms. The van der Waals surface area contributed by atoms with Crippen molar-refractivity contribution < 1.29 is 34.2 Å². The molecule has 0 bridgehead atoms. The highest BCUT2D eigenvalue weighted by molar-refractivity contribution is 7.54. The molecule has 94 valence electrons. The Hall–Kier alpha value is -0.910. The van der Waals surface area contributed by atoms with Gasteiger partial charge in [-0.05, 0) is 6.42 Å². The largest absolute Gasteiger partial charge is 0.481 e. The number of carboxylic acid groups (broad SMARTS) is 2. The molecule has 1 atom stereocenters. The second kappa shape index (κ2) is 5.43. The normalized spacial score (nSPS) is 15.4. The first-order chi connectivity index (χ1) is 7.17. The Labute approximate surface area is 92.3 Å². The maximum atomic E-state index is 11.2. The summed E-state index contributed by atoms with van der Waals surface area (Å²) in [6, 6.07) is 0. The van der Waals surface area contributed by atoms with Gasteiger partial charge in [0.15, 0.2) is 5.16 Å². The third-order valence-electron chi connectivity index (χ3n) is 2.34. The minimum atomic E-state index is -5.03. The predicted octanol–water partition coefficient (Wildman–Crippen LogP) is 0.652. The molecule has 0 aromatic heterocycles. The first-order valence-corrected chi connectivity index (χ1v) is 6.29. The molecule has 0 amide bonds. The van der Waals surface area contributed by atoms with Crippen LogP contribution < -0.4 is 0 Å². The molecule has 1 unspecified atom stereocenters. The van der Waals surface area contributed by atoms with Gasteiger partial charge in [-0.2, -0.15) is 0 Å². The number of aliphatic carboxylic acids is 2. The Morgan fingerprint density at radius 2 is 1.75 bits per heavy atom. The van der Waals surface area contributed by atoms with E-state index >= 15 is 0 Å². The standard InChI is InChI=1S/C8H15O7P/c1-2-3-4-8(7(11)12,5-6(9)10)16(13,14)15/h2-5H2,1H3,(H,9,10)(H,11,12)(H2,13,14,15). The van der Waals surface area contributed by atoms with Crippen LogP contribution in [-0.4, -0.2) is 37.1 Å². The average molecular weight is 254 g/mol. The SMILES string of the molecule is CCCCC(CC(=O)O)(C(=O)O)P(=O)(O)O. The molecule has 0 rings (SSSR count). The van der Waals surface area contributed by atoms with Crippen molar-refractivity contribution in [1.82, 2.24) is 0 Å². The van der Waals surface area contributed by atoms with Gasteiger partial charge in [-0.25, -0.2) is 0 Å². The quantitative estimate of drug-likeness (QED) is 0.490. The Bertz CT molecular complexity index is 320. The van der Waals surface area contributed by atoms with Gasteiger partial charge in [-0.15, -0.1) is 0 Å². The molecule has 0 aliphatic heterocycles. The zero-order valence-electron chi connectivity index (χ0n) is 8.79. The summed E-state index contributed by atoms with van der Waals surface area (Å²) < 4.78 is 11.2. The van der Waals surface area contributed by atoms with Gasteiger partial charge in [-0.1, -0.05) is 19.8 Å². The van der Waals surface area contributed by atoms with Crippen LogP contribution >= 0.6 is 7.60 Å². The molecule has 0 radical (unpaired) electrons. The molecule has 0 heterocycles. The molecule has 7 nitrogen and oxygen atoms in total. The summed E-state index contributed by atoms with van der Waals surface area (Å²) in [5, 5.41) is 14.9. The third kappa shape index (κ3) is 3.30. The average Bonchev–Trinajstić information content (AvgIpc) is 2.09. The molecule has 8 heteroatoms. The summed E-state index contributed by atoms with van der Waals surface area (Å²) in [5.41, 5.74) is 0. The number of hydrogen-bond donors (Lipinski definition) is 4. The minimum absolute atomic E-state index is 0.241. The van der Waals surface area contributed by atoms with E-state index in [1.54, 1.807) is 6.92 Å². The molecule has 0 aromatic rings. The van der Waals surface area contributed by atoms with Gasteiger partial charge in [-0.3, -0.25) is 14.2 Å². The van der Waals surface area contributed by atoms with Crippen molar-refractivity contribution in [3.63, 3.8) is 0 Å². The number of carboxylic acids is 2. The molecule has 0 saturated carbocycles. The molecule has 0 aliphatic carbocycles. The summed E-state index contributed by atoms with van der Waals surface area (Å²) in [6.45, 7) is 1.72. The van der Waals surface area contributed by atoms with E-state index in [1.807, 2.05) is 0 Å². The number of carbonyl (C=O) groups is 2. The molecular formula is C8H15O7P. The molecule has 16 heavy (non-hydrogen) atoms. The van der Waals surface area contributed by atoms with Crippen molar-refractivity contribution in [1.29, 1.82) is 0 Å². The monoisotopic (exact) mass is 254 g/mol. The Morgan fingerprint density at radius 3 is 2.00 bits per heavy atom. The second-order valence-electron chi connectivity index (χ2n) is 3.55. The van der Waals surface area contributed by atoms with E-state index in [2.05, 4.69) is 0 Å². The van der Waals surface area contributed by atoms with E-state index in [0.29, 0.717) is 6.42 Å². The van der Waals surface area contributed by atoms with Crippen LogP contribution in [0.25, 0.3) is 0 Å². The fraction of sp³-hybridized carbons (Fsp3) is 0.750. The van der Waals surface area contributed by atoms with Gasteiger partial charge in [0, 0.05) is 0 Å². The molecule has 0 aromatic carbocycles. The molecular weight excluding hydrogens is 239 g/mol. The van der Waals surface area contributed by atoms with Crippen molar-refractivity contribution >= 4 is 19.5 Å². The Balaban J connectivity index is 5.31. The maximum Gasteiger partial charge on any atom is 0.343 e. The molecule has 4 N–H and O–H groups in total. The van der Waals surface area contributed by atoms with Gasteiger partial charge in [0.25, 0.3) is 0 Å². The Morgan fingerprint density at radius 1 is 1.25 bits per heavy atom. The van der Waals surface area contributed by atoms with Crippen LogP contribution in [0.4, 0.5) is 0 Å². The lowest BCUT2D eigenvalue weighted by Gasteiger charge is -2.28. The second-order valence-corrected chi connectivity index (χ2v) is 5.50. The highest BCUT2D eigenvalue weighted by Crippen LogP contribution is 2.55. The third-order valence-corrected chi connectivity index (χ3v) is 4.03. The van der Waals surface area contributed by atoms with Crippen LogP contribution in [0, 0.1) is 0 Å². The van der Waals surface area contributed by atoms with Gasteiger partial charge in [0.1, 0.15) is 0 Å². The van der Waals surface area contributed by atoms with Crippen molar-refractivity contribution in [2.75, 3.05) is 0 Å². The van der Waals surface area contributed by atoms with E-state index in [0.717, 1.165) is 0 Å². The van der Waals surface area contributed by atoms with E-state index in [9.17, 15) is 14.2 Å². The zero-order valence-corrected chi connectivity index (χ0v) is 9.68. The smallest absolute Gasteiger partial charge is 0.343 e. The Kier molecular flexibility index (Phi) is 5.12. The van der Waals surface area contributed by atoms with Crippen LogP contribution in [0.3, 0.4) is 0 Å². The van der Waals surface area contributed by atoms with Crippen LogP contribution in [0.15, 0.2) is 0 Å². The lowest BCUT2D eigenvalue weighted by Crippen LogP contribution is -2.40. The lowest BCUT2D eigenvalue weighted by atomic mass is 9.97. The first-order valence-electron chi connectivity index (χ1n) is 4.68. The van der Waals surface area contributed by atoms with Crippen LogP contribution in [0.1, 0.15) is 32.6 Å². The van der Waals surface area contributed by atoms with E-state index in [1.165, 1.54) is 0 Å². The van der Waals surface area contributed by atoms with E-state index < -0.39 is 31.1 Å². The fourth-order valence-electron chi connectivity index (χ4n) is 1.36. The number of unbranched alkanes of at least 4 members (excludes halogenated alkanes) is 1. The van der Waals surface area contributed by atoms with Crippen molar-refractivity contribution in [2.24, 2.45) is 0 Å². The molecule has 0 saturated heterocycles. The first kappa shape index (κ1) is 15.1.